The maximum atomic E-state index is 14.9. The molecule has 0 saturated carbocycles. The van der Waals surface area contributed by atoms with Crippen LogP contribution in [0.15, 0.2) is 48.6 Å². The highest BCUT2D eigenvalue weighted by Gasteiger charge is 2.76. The highest BCUT2D eigenvalue weighted by atomic mass is 16.5. The van der Waals surface area contributed by atoms with Gasteiger partial charge in [0.2, 0.25) is 11.8 Å². The van der Waals surface area contributed by atoms with Gasteiger partial charge in [0.15, 0.2) is 0 Å². The van der Waals surface area contributed by atoms with Crippen LogP contribution in [0.4, 0.5) is 11.4 Å². The Morgan fingerprint density at radius 1 is 0.932 bits per heavy atom. The number of carbonyl (C=O) groups excluding carboxylic acids is 3. The van der Waals surface area contributed by atoms with E-state index in [2.05, 4.69) is 18.7 Å². The van der Waals surface area contributed by atoms with Crippen LogP contribution in [0.2, 0.25) is 0 Å². The number of carbonyl (C=O) groups is 3. The summed E-state index contributed by atoms with van der Waals surface area (Å²) in [5, 5.41) is 10.6. The molecule has 1 aromatic rings. The molecule has 5 rings (SSSR count). The number of hydrogen-bond acceptors (Lipinski definition) is 6. The molecule has 2 fully saturated rings. The average Bonchev–Trinajstić information content (AvgIpc) is 3.31. The van der Waals surface area contributed by atoms with Gasteiger partial charge in [0.1, 0.15) is 11.6 Å². The van der Waals surface area contributed by atoms with Gasteiger partial charge in [-0.3, -0.25) is 14.4 Å². The van der Waals surface area contributed by atoms with E-state index in [1.165, 1.54) is 0 Å². The monoisotopic (exact) mass is 606 g/mol. The van der Waals surface area contributed by atoms with E-state index < -0.39 is 35.1 Å². The molecule has 4 heterocycles. The van der Waals surface area contributed by atoms with Crippen LogP contribution in [-0.2, 0) is 19.1 Å². The summed E-state index contributed by atoms with van der Waals surface area (Å²) >= 11 is 0. The Morgan fingerprint density at radius 3 is 2.20 bits per heavy atom. The number of ether oxygens (including phenoxy) is 1. The van der Waals surface area contributed by atoms with E-state index >= 15 is 0 Å². The third kappa shape index (κ3) is 5.06. The first-order valence-electron chi connectivity index (χ1n) is 16.6. The van der Waals surface area contributed by atoms with Crippen LogP contribution >= 0.6 is 0 Å². The van der Waals surface area contributed by atoms with Crippen molar-refractivity contribution in [1.29, 1.82) is 0 Å². The third-order valence-electron chi connectivity index (χ3n) is 10.1. The van der Waals surface area contributed by atoms with E-state index in [1.807, 2.05) is 81.2 Å². The normalized spacial score (nSPS) is 30.4. The number of nitrogens with zero attached hydrogens (tertiary/aromatic N) is 4. The number of amides is 3. The summed E-state index contributed by atoms with van der Waals surface area (Å²) in [5.41, 5.74) is -0.545. The molecule has 0 radical (unpaired) electrons. The predicted molar refractivity (Wildman–Crippen MR) is 172 cm³/mol. The lowest BCUT2D eigenvalue weighted by molar-refractivity contribution is -0.153. The summed E-state index contributed by atoms with van der Waals surface area (Å²) < 4.78 is 7.09. The maximum absolute atomic E-state index is 14.9. The predicted octanol–water partition coefficient (Wildman–Crippen LogP) is 4.01. The van der Waals surface area contributed by atoms with Gasteiger partial charge >= 0.3 is 0 Å². The second kappa shape index (κ2) is 12.7. The second-order valence-electron chi connectivity index (χ2n) is 13.1. The summed E-state index contributed by atoms with van der Waals surface area (Å²) in [7, 11) is 0. The zero-order chi connectivity index (χ0) is 31.8. The molecule has 6 atom stereocenters. The first-order valence-corrected chi connectivity index (χ1v) is 16.6. The largest absolute Gasteiger partial charge is 0.394 e. The number of anilines is 2. The fraction of sp³-hybridized carbons (Fsp3) is 0.629. The number of aliphatic hydroxyl groups is 1. The first-order chi connectivity index (χ1) is 21.1. The van der Waals surface area contributed by atoms with Crippen LogP contribution in [0.3, 0.4) is 0 Å². The van der Waals surface area contributed by atoms with Gasteiger partial charge in [-0.2, -0.15) is 0 Å². The molecule has 44 heavy (non-hydrogen) atoms. The van der Waals surface area contributed by atoms with E-state index in [9.17, 15) is 19.5 Å². The zero-order valence-corrected chi connectivity index (χ0v) is 27.2. The molecule has 240 valence electrons. The van der Waals surface area contributed by atoms with Crippen molar-refractivity contribution in [1.82, 2.24) is 9.80 Å². The minimum absolute atomic E-state index is 0.104. The summed E-state index contributed by atoms with van der Waals surface area (Å²) in [6, 6.07) is 6.36. The van der Waals surface area contributed by atoms with E-state index in [0.717, 1.165) is 30.9 Å². The highest BCUT2D eigenvalue weighted by Crippen LogP contribution is 2.59. The quantitative estimate of drug-likeness (QED) is 0.383. The van der Waals surface area contributed by atoms with Gasteiger partial charge in [-0.05, 0) is 63.3 Å². The molecular weight excluding hydrogens is 556 g/mol. The van der Waals surface area contributed by atoms with Crippen molar-refractivity contribution in [3.8, 4) is 0 Å². The van der Waals surface area contributed by atoms with Crippen molar-refractivity contribution < 1.29 is 24.2 Å². The Labute approximate surface area is 262 Å². The molecule has 4 aliphatic rings. The molecule has 2 saturated heterocycles. The van der Waals surface area contributed by atoms with Crippen molar-refractivity contribution in [2.75, 3.05) is 49.1 Å². The van der Waals surface area contributed by atoms with Gasteiger partial charge in [0.05, 0.1) is 30.1 Å². The van der Waals surface area contributed by atoms with E-state index in [-0.39, 0.29) is 30.2 Å². The Kier molecular flexibility index (Phi) is 9.29. The van der Waals surface area contributed by atoms with Gasteiger partial charge < -0.3 is 29.4 Å². The molecule has 1 N–H and O–H groups in total. The van der Waals surface area contributed by atoms with Gasteiger partial charge in [-0.25, -0.2) is 0 Å². The van der Waals surface area contributed by atoms with Gasteiger partial charge in [0.25, 0.3) is 5.91 Å². The molecule has 4 aliphatic heterocycles. The van der Waals surface area contributed by atoms with Gasteiger partial charge in [0, 0.05) is 44.1 Å². The van der Waals surface area contributed by atoms with Crippen molar-refractivity contribution in [2.24, 2.45) is 17.8 Å². The third-order valence-corrected chi connectivity index (χ3v) is 10.1. The highest BCUT2D eigenvalue weighted by molar-refractivity contribution is 6.06. The smallest absolute Gasteiger partial charge is 0.253 e. The SMILES string of the molecule is CCCN1CC=C[C@@]2(CC)O[C@]34C=CCN(c5ccc(N(CC)CC)cc5)C(=O)C3N([C@@H](CO)CC(C)C)C(=O)[C@@H]4[C@H]2C1=O. The van der Waals surface area contributed by atoms with Crippen molar-refractivity contribution in [3.63, 3.8) is 0 Å². The molecular formula is C35H50N4O5. The van der Waals surface area contributed by atoms with Crippen LogP contribution in [-0.4, -0.2) is 95.2 Å². The van der Waals surface area contributed by atoms with Crippen LogP contribution in [0, 0.1) is 17.8 Å². The number of benzene rings is 1. The van der Waals surface area contributed by atoms with E-state index in [1.54, 1.807) is 9.80 Å². The molecule has 3 amide bonds. The minimum Gasteiger partial charge on any atom is -0.394 e. The number of fused-ring (bicyclic) bond motifs is 2. The van der Waals surface area contributed by atoms with Crippen LogP contribution in [0.25, 0.3) is 0 Å². The number of aliphatic hydroxyl groups excluding tert-OH is 1. The first kappa shape index (κ1) is 32.2. The molecule has 9 nitrogen and oxygen atoms in total. The number of rotatable bonds is 11. The molecule has 0 aliphatic carbocycles. The lowest BCUT2D eigenvalue weighted by atomic mass is 9.73. The van der Waals surface area contributed by atoms with Crippen LogP contribution in [0.5, 0.6) is 0 Å². The molecule has 0 bridgehead atoms. The number of hydrogen-bond donors (Lipinski definition) is 1. The Hall–Kier alpha value is -3.17. The molecule has 1 aromatic carbocycles. The Bertz CT molecular complexity index is 1290. The van der Waals surface area contributed by atoms with Crippen molar-refractivity contribution in [2.45, 2.75) is 84.1 Å². The fourth-order valence-electron chi connectivity index (χ4n) is 8.10. The van der Waals surface area contributed by atoms with E-state index in [0.29, 0.717) is 32.5 Å². The van der Waals surface area contributed by atoms with Crippen molar-refractivity contribution in [3.05, 3.63) is 48.6 Å². The van der Waals surface area contributed by atoms with Gasteiger partial charge in [-0.15, -0.1) is 0 Å². The molecule has 0 aromatic heterocycles. The number of likely N-dealkylation sites (tertiary alicyclic amines) is 1. The lowest BCUT2D eigenvalue weighted by Crippen LogP contribution is -2.59. The second-order valence-corrected chi connectivity index (χ2v) is 13.1. The summed E-state index contributed by atoms with van der Waals surface area (Å²) in [6.45, 7) is 15.2. The fourth-order valence-corrected chi connectivity index (χ4v) is 8.10. The Morgan fingerprint density at radius 2 is 1.61 bits per heavy atom. The Balaban J connectivity index is 1.64. The summed E-state index contributed by atoms with van der Waals surface area (Å²) in [5.74, 6) is -2.12. The zero-order valence-electron chi connectivity index (χ0n) is 27.2. The van der Waals surface area contributed by atoms with Crippen LogP contribution < -0.4 is 9.80 Å². The van der Waals surface area contributed by atoms with Crippen LogP contribution in [0.1, 0.15) is 60.8 Å². The molecule has 9 heteroatoms. The average molecular weight is 607 g/mol. The van der Waals surface area contributed by atoms with Crippen molar-refractivity contribution >= 4 is 29.1 Å². The van der Waals surface area contributed by atoms with Gasteiger partial charge in [-0.1, -0.05) is 52.0 Å². The molecule has 1 unspecified atom stereocenters. The molecule has 1 spiro atoms. The standard InChI is InChI=1S/C35H50N4O5/c1-7-19-37-20-11-17-34(8-2)28(31(37)41)29-32(42)39(27(23-40)22-24(5)6)30-33(43)38(21-12-18-35(29,30)44-34)26-15-13-25(14-16-26)36(9-3)10-4/h11-18,24,27-30,40H,7-10,19-23H2,1-6H3/t27-,28+,29+,30?,34-,35+/m1/s1. The topological polar surface area (TPSA) is 93.6 Å². The summed E-state index contributed by atoms with van der Waals surface area (Å²) in [6.07, 6.45) is 9.58. The van der Waals surface area contributed by atoms with E-state index in [4.69, 9.17) is 4.74 Å². The summed E-state index contributed by atoms with van der Waals surface area (Å²) in [4.78, 5) is 51.3. The minimum atomic E-state index is -1.34. The lowest BCUT2D eigenvalue weighted by Gasteiger charge is -2.41. The maximum Gasteiger partial charge on any atom is 0.253 e.